The van der Waals surface area contributed by atoms with Crippen LogP contribution >= 0.6 is 23.4 Å². The van der Waals surface area contributed by atoms with Crippen LogP contribution in [0.4, 0.5) is 5.69 Å². The van der Waals surface area contributed by atoms with E-state index in [1.807, 2.05) is 42.5 Å². The maximum Gasteiger partial charge on any atom is 0.241 e. The largest absolute Gasteiger partial charge is 0.338 e. The number of carbonyl (C=O) groups excluding carboxylic acids is 1. The molecule has 5 rings (SSSR count). The fraction of sp³-hybridized carbons (Fsp3) is 0.200. The zero-order valence-electron chi connectivity index (χ0n) is 15.7. The third kappa shape index (κ3) is 3.72. The number of carbonyl (C=O) groups is 1. The van der Waals surface area contributed by atoms with Gasteiger partial charge in [-0.3, -0.25) is 15.1 Å². The monoisotopic (exact) mass is 440 g/mol. The van der Waals surface area contributed by atoms with Crippen molar-refractivity contribution in [3.8, 4) is 11.4 Å². The number of nitrogens with zero attached hydrogens (tertiary/aromatic N) is 4. The van der Waals surface area contributed by atoms with Crippen molar-refractivity contribution in [1.82, 2.24) is 21.0 Å². The van der Waals surface area contributed by atoms with Gasteiger partial charge < -0.3 is 4.52 Å². The number of para-hydroxylation sites is 1. The molecule has 0 bridgehead atoms. The second-order valence-corrected chi connectivity index (χ2v) is 8.18. The van der Waals surface area contributed by atoms with Crippen molar-refractivity contribution in [2.24, 2.45) is 10.9 Å². The smallest absolute Gasteiger partial charge is 0.241 e. The maximum absolute atomic E-state index is 13.1. The Morgan fingerprint density at radius 2 is 1.97 bits per heavy atom. The second-order valence-electron chi connectivity index (χ2n) is 6.80. The predicted molar refractivity (Wildman–Crippen MR) is 116 cm³/mol. The molecule has 1 aromatic heterocycles. The van der Waals surface area contributed by atoms with Crippen LogP contribution < -0.4 is 15.8 Å². The summed E-state index contributed by atoms with van der Waals surface area (Å²) >= 11 is 7.32. The molecule has 1 fully saturated rings. The van der Waals surface area contributed by atoms with Crippen LogP contribution in [-0.2, 0) is 10.5 Å². The van der Waals surface area contributed by atoms with Gasteiger partial charge >= 0.3 is 0 Å². The summed E-state index contributed by atoms with van der Waals surface area (Å²) in [4.78, 5) is 24.0. The minimum atomic E-state index is -0.285. The van der Waals surface area contributed by atoms with E-state index in [1.54, 1.807) is 17.0 Å². The quantitative estimate of drug-likeness (QED) is 0.643. The molecule has 2 atom stereocenters. The van der Waals surface area contributed by atoms with Gasteiger partial charge in [-0.05, 0) is 36.4 Å². The van der Waals surface area contributed by atoms with Crippen LogP contribution in [0.25, 0.3) is 11.4 Å². The Bertz CT molecular complexity index is 1090. The molecular weight excluding hydrogens is 424 g/mol. The van der Waals surface area contributed by atoms with Crippen molar-refractivity contribution in [3.63, 3.8) is 0 Å². The highest BCUT2D eigenvalue weighted by atomic mass is 35.5. The van der Waals surface area contributed by atoms with E-state index in [2.05, 4.69) is 21.0 Å². The van der Waals surface area contributed by atoms with Gasteiger partial charge in [0.05, 0.1) is 17.4 Å². The molecule has 1 saturated heterocycles. The van der Waals surface area contributed by atoms with Crippen LogP contribution in [0.2, 0.25) is 5.02 Å². The van der Waals surface area contributed by atoms with Crippen LogP contribution in [-0.4, -0.2) is 33.9 Å². The van der Waals surface area contributed by atoms with E-state index in [1.165, 1.54) is 11.8 Å². The molecule has 0 aliphatic carbocycles. The molecule has 2 aliphatic rings. The normalized spacial score (nSPS) is 20.9. The number of rotatable bonds is 4. The van der Waals surface area contributed by atoms with E-state index >= 15 is 0 Å². The van der Waals surface area contributed by atoms with Crippen LogP contribution in [0.1, 0.15) is 5.89 Å². The van der Waals surface area contributed by atoms with Gasteiger partial charge in [0.2, 0.25) is 17.6 Å². The summed E-state index contributed by atoms with van der Waals surface area (Å²) in [6.07, 6.45) is -0.285. The van der Waals surface area contributed by atoms with Gasteiger partial charge in [0, 0.05) is 17.1 Å². The molecule has 30 heavy (non-hydrogen) atoms. The highest BCUT2D eigenvalue weighted by molar-refractivity contribution is 8.13. The van der Waals surface area contributed by atoms with Crippen LogP contribution in [0.15, 0.2) is 64.1 Å². The van der Waals surface area contributed by atoms with Gasteiger partial charge in [-0.2, -0.15) is 4.98 Å². The first kappa shape index (κ1) is 19.3. The summed E-state index contributed by atoms with van der Waals surface area (Å²) in [5.41, 5.74) is 7.68. The Balaban J connectivity index is 1.37. The molecule has 0 radical (unpaired) electrons. The first-order chi connectivity index (χ1) is 14.7. The Labute approximate surface area is 181 Å². The van der Waals surface area contributed by atoms with Crippen molar-refractivity contribution in [2.45, 2.75) is 11.9 Å². The number of hydrogen-bond donors (Lipinski definition) is 2. The zero-order chi connectivity index (χ0) is 20.5. The number of aliphatic imine (C=N–C) groups is 1. The number of benzene rings is 2. The van der Waals surface area contributed by atoms with Gasteiger partial charge in [0.15, 0.2) is 5.17 Å². The average molecular weight is 441 g/mol. The van der Waals surface area contributed by atoms with E-state index in [-0.39, 0.29) is 18.0 Å². The summed E-state index contributed by atoms with van der Waals surface area (Å²) in [7, 11) is 0. The SMILES string of the molecule is O=C1C2CNNC2N=C(SCc2nc(-c3ccc(Cl)cc3)no2)N1c1ccccc1. The second kappa shape index (κ2) is 8.19. The third-order valence-electron chi connectivity index (χ3n) is 4.84. The van der Waals surface area contributed by atoms with Crippen molar-refractivity contribution in [1.29, 1.82) is 0 Å². The summed E-state index contributed by atoms with van der Waals surface area (Å²) in [6, 6.07) is 16.7. The molecule has 2 aliphatic heterocycles. The van der Waals surface area contributed by atoms with Crippen LogP contribution in [0.5, 0.6) is 0 Å². The molecule has 2 aromatic carbocycles. The number of hydrazine groups is 1. The number of amidine groups is 1. The highest BCUT2D eigenvalue weighted by Gasteiger charge is 2.42. The number of thioether (sulfide) groups is 1. The number of halogens is 1. The predicted octanol–water partition coefficient (Wildman–Crippen LogP) is 3.08. The fourth-order valence-electron chi connectivity index (χ4n) is 3.34. The molecule has 1 amide bonds. The maximum atomic E-state index is 13.1. The molecule has 3 aromatic rings. The molecule has 0 spiro atoms. The number of nitrogens with one attached hydrogen (secondary N) is 2. The number of aromatic nitrogens is 2. The van der Waals surface area contributed by atoms with Crippen molar-refractivity contribution >= 4 is 40.1 Å². The molecule has 10 heteroatoms. The topological polar surface area (TPSA) is 95.6 Å². The van der Waals surface area contributed by atoms with E-state index in [0.717, 1.165) is 11.3 Å². The summed E-state index contributed by atoms with van der Waals surface area (Å²) in [5.74, 6) is 1.10. The molecule has 152 valence electrons. The standard InChI is InChI=1S/C20H17ClN6O2S/c21-13-8-6-12(7-9-13)17-23-16(29-26-17)11-30-20-24-18-15(10-22-25-18)19(28)27(20)14-4-2-1-3-5-14/h1-9,15,18,22,25H,10-11H2. The fourth-order valence-corrected chi connectivity index (χ4v) is 4.35. The minimum absolute atomic E-state index is 0.00795. The lowest BCUT2D eigenvalue weighted by atomic mass is 10.1. The third-order valence-corrected chi connectivity index (χ3v) is 6.03. The number of hydrogen-bond acceptors (Lipinski definition) is 8. The lowest BCUT2D eigenvalue weighted by Gasteiger charge is -2.32. The Morgan fingerprint density at radius 3 is 2.77 bits per heavy atom. The van der Waals surface area contributed by atoms with Crippen LogP contribution in [0.3, 0.4) is 0 Å². The first-order valence-corrected chi connectivity index (χ1v) is 10.7. The van der Waals surface area contributed by atoms with E-state index < -0.39 is 0 Å². The highest BCUT2D eigenvalue weighted by Crippen LogP contribution is 2.30. The summed E-state index contributed by atoms with van der Waals surface area (Å²) in [6.45, 7) is 0.544. The zero-order valence-corrected chi connectivity index (χ0v) is 17.2. The molecule has 3 heterocycles. The van der Waals surface area contributed by atoms with Gasteiger partial charge in [0.25, 0.3) is 0 Å². The minimum Gasteiger partial charge on any atom is -0.338 e. The molecule has 0 saturated carbocycles. The van der Waals surface area contributed by atoms with Gasteiger partial charge in [-0.1, -0.05) is 46.7 Å². The number of fused-ring (bicyclic) bond motifs is 1. The van der Waals surface area contributed by atoms with Crippen molar-refractivity contribution in [2.75, 3.05) is 11.4 Å². The van der Waals surface area contributed by atoms with Gasteiger partial charge in [0.1, 0.15) is 6.17 Å². The lowest BCUT2D eigenvalue weighted by molar-refractivity contribution is -0.121. The van der Waals surface area contributed by atoms with Crippen molar-refractivity contribution < 1.29 is 9.32 Å². The molecule has 8 nitrogen and oxygen atoms in total. The number of amides is 1. The average Bonchev–Trinajstić information content (AvgIpc) is 3.43. The molecule has 2 N–H and O–H groups in total. The van der Waals surface area contributed by atoms with E-state index in [4.69, 9.17) is 21.1 Å². The van der Waals surface area contributed by atoms with Gasteiger partial charge in [-0.15, -0.1) is 0 Å². The van der Waals surface area contributed by atoms with Gasteiger partial charge in [-0.25, -0.2) is 10.4 Å². The first-order valence-electron chi connectivity index (χ1n) is 9.35. The van der Waals surface area contributed by atoms with E-state index in [9.17, 15) is 4.79 Å². The number of anilines is 1. The Hall–Kier alpha value is -2.72. The molecule has 2 unspecified atom stereocenters. The Morgan fingerprint density at radius 1 is 1.17 bits per heavy atom. The Kier molecular flexibility index (Phi) is 5.26. The van der Waals surface area contributed by atoms with Crippen molar-refractivity contribution in [3.05, 3.63) is 65.5 Å². The summed E-state index contributed by atoms with van der Waals surface area (Å²) < 4.78 is 5.39. The van der Waals surface area contributed by atoms with E-state index in [0.29, 0.717) is 34.2 Å². The molecular formula is C20H17ClN6O2S. The lowest BCUT2D eigenvalue weighted by Crippen LogP contribution is -2.49. The summed E-state index contributed by atoms with van der Waals surface area (Å²) in [5, 5.41) is 5.28. The van der Waals surface area contributed by atoms with Crippen LogP contribution in [0, 0.1) is 5.92 Å².